The third kappa shape index (κ3) is 2.06. The zero-order valence-electron chi connectivity index (χ0n) is 10.7. The molecular formula is C14H14BrN3. The molecule has 18 heavy (non-hydrogen) atoms. The number of nitriles is 1. The number of halogens is 1. The van der Waals surface area contributed by atoms with Crippen molar-refractivity contribution in [3.63, 3.8) is 0 Å². The molecule has 4 heteroatoms. The van der Waals surface area contributed by atoms with Crippen LogP contribution in [0.5, 0.6) is 0 Å². The zero-order chi connectivity index (χ0) is 13.3. The van der Waals surface area contributed by atoms with E-state index in [4.69, 9.17) is 5.26 Å². The Morgan fingerprint density at radius 2 is 2.11 bits per heavy atom. The van der Waals surface area contributed by atoms with E-state index in [1.807, 2.05) is 29.8 Å². The molecule has 0 spiro atoms. The van der Waals surface area contributed by atoms with Gasteiger partial charge in [0.05, 0.1) is 16.9 Å². The molecule has 0 unspecified atom stereocenters. The average molecular weight is 304 g/mol. The SMILES string of the molecule is CCc1c(C)nn(-c2ccc(C#N)c(Br)c2)c1C. The number of rotatable bonds is 2. The van der Waals surface area contributed by atoms with E-state index in [2.05, 4.69) is 40.9 Å². The molecular weight excluding hydrogens is 290 g/mol. The fourth-order valence-corrected chi connectivity index (χ4v) is 2.62. The number of nitrogens with zero attached hydrogens (tertiary/aromatic N) is 3. The number of aromatic nitrogens is 2. The van der Waals surface area contributed by atoms with Crippen molar-refractivity contribution in [1.29, 1.82) is 5.26 Å². The fourth-order valence-electron chi connectivity index (χ4n) is 2.16. The van der Waals surface area contributed by atoms with E-state index in [1.165, 1.54) is 5.56 Å². The second kappa shape index (κ2) is 4.95. The quantitative estimate of drug-likeness (QED) is 0.849. The molecule has 0 saturated carbocycles. The van der Waals surface area contributed by atoms with Gasteiger partial charge in [-0.1, -0.05) is 6.92 Å². The van der Waals surface area contributed by atoms with Gasteiger partial charge in [0.2, 0.25) is 0 Å². The summed E-state index contributed by atoms with van der Waals surface area (Å²) >= 11 is 3.41. The summed E-state index contributed by atoms with van der Waals surface area (Å²) in [6.45, 7) is 6.24. The van der Waals surface area contributed by atoms with Gasteiger partial charge in [0.25, 0.3) is 0 Å². The topological polar surface area (TPSA) is 41.6 Å². The molecule has 0 aliphatic rings. The van der Waals surface area contributed by atoms with E-state index in [0.29, 0.717) is 5.56 Å². The molecule has 0 saturated heterocycles. The third-order valence-electron chi connectivity index (χ3n) is 3.11. The molecule has 0 N–H and O–H groups in total. The standard InChI is InChI=1S/C14H14BrN3/c1-4-13-9(2)17-18(10(13)3)12-6-5-11(8-16)14(15)7-12/h5-7H,4H2,1-3H3. The highest BCUT2D eigenvalue weighted by molar-refractivity contribution is 9.10. The van der Waals surface area contributed by atoms with Gasteiger partial charge < -0.3 is 0 Å². The van der Waals surface area contributed by atoms with Gasteiger partial charge >= 0.3 is 0 Å². The molecule has 0 amide bonds. The predicted molar refractivity (Wildman–Crippen MR) is 74.8 cm³/mol. The first kappa shape index (κ1) is 12.8. The van der Waals surface area contributed by atoms with E-state index in [9.17, 15) is 0 Å². The molecule has 1 aromatic heterocycles. The van der Waals surface area contributed by atoms with Gasteiger partial charge in [-0.2, -0.15) is 10.4 Å². The minimum Gasteiger partial charge on any atom is -0.238 e. The minimum absolute atomic E-state index is 0.635. The van der Waals surface area contributed by atoms with Crippen molar-refractivity contribution in [2.24, 2.45) is 0 Å². The van der Waals surface area contributed by atoms with Gasteiger partial charge in [0, 0.05) is 10.2 Å². The lowest BCUT2D eigenvalue weighted by atomic mass is 10.1. The largest absolute Gasteiger partial charge is 0.238 e. The van der Waals surface area contributed by atoms with Gasteiger partial charge in [-0.05, 0) is 60.0 Å². The molecule has 0 atom stereocenters. The summed E-state index contributed by atoms with van der Waals surface area (Å²) in [5.74, 6) is 0. The Hall–Kier alpha value is -1.60. The highest BCUT2D eigenvalue weighted by atomic mass is 79.9. The lowest BCUT2D eigenvalue weighted by Crippen LogP contribution is -2.00. The van der Waals surface area contributed by atoms with Crippen LogP contribution in [-0.4, -0.2) is 9.78 Å². The molecule has 1 heterocycles. The Morgan fingerprint density at radius 3 is 2.61 bits per heavy atom. The first-order chi connectivity index (χ1) is 8.58. The van der Waals surface area contributed by atoms with Crippen molar-refractivity contribution < 1.29 is 0 Å². The molecule has 0 radical (unpaired) electrons. The van der Waals surface area contributed by atoms with Gasteiger partial charge in [0.1, 0.15) is 6.07 Å². The molecule has 3 nitrogen and oxygen atoms in total. The van der Waals surface area contributed by atoms with Crippen LogP contribution in [0.25, 0.3) is 5.69 Å². The second-order valence-corrected chi connectivity index (χ2v) is 5.05. The number of hydrogen-bond donors (Lipinski definition) is 0. The van der Waals surface area contributed by atoms with E-state index in [0.717, 1.165) is 28.0 Å². The number of aryl methyl sites for hydroxylation is 1. The maximum Gasteiger partial charge on any atom is 0.100 e. The molecule has 2 aromatic rings. The zero-order valence-corrected chi connectivity index (χ0v) is 12.2. The first-order valence-electron chi connectivity index (χ1n) is 5.83. The van der Waals surface area contributed by atoms with Crippen LogP contribution in [0.1, 0.15) is 29.4 Å². The Labute approximate surface area is 115 Å². The molecule has 1 aromatic carbocycles. The summed E-state index contributed by atoms with van der Waals surface area (Å²) in [4.78, 5) is 0. The van der Waals surface area contributed by atoms with E-state index in [1.54, 1.807) is 0 Å². The van der Waals surface area contributed by atoms with Gasteiger partial charge in [0.15, 0.2) is 0 Å². The van der Waals surface area contributed by atoms with Crippen molar-refractivity contribution in [2.45, 2.75) is 27.2 Å². The minimum atomic E-state index is 0.635. The van der Waals surface area contributed by atoms with Crippen molar-refractivity contribution in [2.75, 3.05) is 0 Å². The van der Waals surface area contributed by atoms with Crippen LogP contribution >= 0.6 is 15.9 Å². The summed E-state index contributed by atoms with van der Waals surface area (Å²) in [6.07, 6.45) is 0.981. The molecule has 0 bridgehead atoms. The predicted octanol–water partition coefficient (Wildman–Crippen LogP) is 3.69. The highest BCUT2D eigenvalue weighted by Gasteiger charge is 2.11. The fraction of sp³-hybridized carbons (Fsp3) is 0.286. The Balaban J connectivity index is 2.56. The van der Waals surface area contributed by atoms with Crippen molar-refractivity contribution in [3.05, 3.63) is 45.2 Å². The van der Waals surface area contributed by atoms with Gasteiger partial charge in [-0.25, -0.2) is 4.68 Å². The van der Waals surface area contributed by atoms with Crippen LogP contribution < -0.4 is 0 Å². The molecule has 0 aliphatic carbocycles. The van der Waals surface area contributed by atoms with E-state index in [-0.39, 0.29) is 0 Å². The van der Waals surface area contributed by atoms with E-state index >= 15 is 0 Å². The molecule has 2 rings (SSSR count). The van der Waals surface area contributed by atoms with Crippen molar-refractivity contribution in [1.82, 2.24) is 9.78 Å². The Bertz CT molecular complexity index is 635. The van der Waals surface area contributed by atoms with Crippen molar-refractivity contribution in [3.8, 4) is 11.8 Å². The number of benzene rings is 1. The monoisotopic (exact) mass is 303 g/mol. The summed E-state index contributed by atoms with van der Waals surface area (Å²) in [7, 11) is 0. The highest BCUT2D eigenvalue weighted by Crippen LogP contribution is 2.23. The summed E-state index contributed by atoms with van der Waals surface area (Å²) < 4.78 is 2.73. The molecule has 0 aliphatic heterocycles. The third-order valence-corrected chi connectivity index (χ3v) is 3.77. The van der Waals surface area contributed by atoms with Crippen LogP contribution in [0.3, 0.4) is 0 Å². The summed E-state index contributed by atoms with van der Waals surface area (Å²) in [6, 6.07) is 7.79. The molecule has 0 fully saturated rings. The van der Waals surface area contributed by atoms with Crippen LogP contribution in [0.2, 0.25) is 0 Å². The second-order valence-electron chi connectivity index (χ2n) is 4.19. The van der Waals surface area contributed by atoms with E-state index < -0.39 is 0 Å². The maximum absolute atomic E-state index is 8.92. The van der Waals surface area contributed by atoms with Gasteiger partial charge in [-0.15, -0.1) is 0 Å². The average Bonchev–Trinajstić information content (AvgIpc) is 2.64. The van der Waals surface area contributed by atoms with Crippen LogP contribution in [-0.2, 0) is 6.42 Å². The molecule has 92 valence electrons. The summed E-state index contributed by atoms with van der Waals surface area (Å²) in [5, 5.41) is 13.5. The lowest BCUT2D eigenvalue weighted by Gasteiger charge is -2.06. The number of hydrogen-bond acceptors (Lipinski definition) is 2. The lowest BCUT2D eigenvalue weighted by molar-refractivity contribution is 0.832. The van der Waals surface area contributed by atoms with Gasteiger partial charge in [-0.3, -0.25) is 0 Å². The van der Waals surface area contributed by atoms with Crippen LogP contribution in [0.4, 0.5) is 0 Å². The smallest absolute Gasteiger partial charge is 0.100 e. The van der Waals surface area contributed by atoms with Crippen LogP contribution in [0.15, 0.2) is 22.7 Å². The van der Waals surface area contributed by atoms with Crippen molar-refractivity contribution >= 4 is 15.9 Å². The Morgan fingerprint density at radius 1 is 1.39 bits per heavy atom. The normalized spacial score (nSPS) is 10.4. The maximum atomic E-state index is 8.92. The van der Waals surface area contributed by atoms with Crippen LogP contribution in [0, 0.1) is 25.2 Å². The summed E-state index contributed by atoms with van der Waals surface area (Å²) in [5.41, 5.74) is 5.12. The Kier molecular flexibility index (Phi) is 3.53. The first-order valence-corrected chi connectivity index (χ1v) is 6.63.